The Balaban J connectivity index is 3.10. The molecule has 0 aliphatic rings. The van der Waals surface area contributed by atoms with Gasteiger partial charge in [-0.15, -0.1) is 0 Å². The first-order valence-corrected chi connectivity index (χ1v) is 6.61. The molecule has 0 radical (unpaired) electrons. The fourth-order valence-corrected chi connectivity index (χ4v) is 1.21. The van der Waals surface area contributed by atoms with Crippen LogP contribution in [0.3, 0.4) is 0 Å². The number of rotatable bonds is 14. The lowest BCUT2D eigenvalue weighted by atomic mass is 10.2. The number of alkyl halides is 1. The molecular weight excluding hydrogens is 255 g/mol. The van der Waals surface area contributed by atoms with Gasteiger partial charge in [0.05, 0.1) is 52.4 Å². The normalized spacial score (nSPS) is 14.5. The third-order valence-electron chi connectivity index (χ3n) is 2.35. The van der Waals surface area contributed by atoms with Crippen molar-refractivity contribution < 1.29 is 23.3 Å². The molecule has 2 atom stereocenters. The van der Waals surface area contributed by atoms with Gasteiger partial charge in [-0.3, -0.25) is 0 Å². The molecule has 0 heterocycles. The van der Waals surface area contributed by atoms with Crippen molar-refractivity contribution in [1.29, 1.82) is 0 Å². The van der Waals surface area contributed by atoms with E-state index in [1.165, 1.54) is 0 Å². The highest BCUT2D eigenvalue weighted by atomic mass is 19.1. The smallest absolute Gasteiger partial charge is 0.138 e. The average Bonchev–Trinajstić information content (AvgIpc) is 2.43. The summed E-state index contributed by atoms with van der Waals surface area (Å²) >= 11 is 0. The molecule has 0 aliphatic heterocycles. The fraction of sp³-hybridized carbons (Fsp3) is 1.00. The molecule has 0 aromatic heterocycles. The molecule has 0 fully saturated rings. The molecule has 0 aromatic rings. The van der Waals surface area contributed by atoms with E-state index in [0.29, 0.717) is 52.8 Å². The number of hydrogen-bond acceptors (Lipinski definition) is 6. The summed E-state index contributed by atoms with van der Waals surface area (Å²) in [6.07, 6.45) is -1.62. The first-order valence-electron chi connectivity index (χ1n) is 6.61. The minimum Gasteiger partial charge on any atom is -0.378 e. The lowest BCUT2D eigenvalue weighted by molar-refractivity contribution is -0.0324. The minimum absolute atomic E-state index is 0.0257. The predicted octanol–water partition coefficient (Wildman–Crippen LogP) is -0.303. The summed E-state index contributed by atoms with van der Waals surface area (Å²) in [6, 6.07) is 0. The Hall–Kier alpha value is -0.310. The highest BCUT2D eigenvalue weighted by Gasteiger charge is 2.14. The van der Waals surface area contributed by atoms with Crippen LogP contribution in [0.4, 0.5) is 4.39 Å². The van der Waals surface area contributed by atoms with Gasteiger partial charge in [-0.2, -0.15) is 0 Å². The van der Waals surface area contributed by atoms with Crippen LogP contribution in [0.2, 0.25) is 0 Å². The Morgan fingerprint density at radius 3 is 1.79 bits per heavy atom. The van der Waals surface area contributed by atoms with Gasteiger partial charge in [0.25, 0.3) is 0 Å². The van der Waals surface area contributed by atoms with Crippen LogP contribution in [-0.2, 0) is 18.9 Å². The first-order chi connectivity index (χ1) is 9.22. The van der Waals surface area contributed by atoms with E-state index in [1.807, 2.05) is 0 Å². The summed E-state index contributed by atoms with van der Waals surface area (Å²) in [4.78, 5) is 0. The molecule has 7 heteroatoms. The van der Waals surface area contributed by atoms with Crippen molar-refractivity contribution in [3.63, 3.8) is 0 Å². The SMILES string of the molecule is CC(OCCOCCOCCOCCN)C(F)CN. The largest absolute Gasteiger partial charge is 0.378 e. The van der Waals surface area contributed by atoms with Crippen LogP contribution in [0.5, 0.6) is 0 Å². The predicted molar refractivity (Wildman–Crippen MR) is 70.9 cm³/mol. The molecule has 6 nitrogen and oxygen atoms in total. The van der Waals surface area contributed by atoms with E-state index in [2.05, 4.69) is 0 Å². The van der Waals surface area contributed by atoms with E-state index >= 15 is 0 Å². The average molecular weight is 282 g/mol. The molecule has 19 heavy (non-hydrogen) atoms. The molecule has 0 aromatic carbocycles. The van der Waals surface area contributed by atoms with Crippen LogP contribution in [0.1, 0.15) is 6.92 Å². The van der Waals surface area contributed by atoms with E-state index in [0.717, 1.165) is 0 Å². The second-order valence-electron chi connectivity index (χ2n) is 3.95. The molecule has 4 N–H and O–H groups in total. The Morgan fingerprint density at radius 1 is 0.842 bits per heavy atom. The summed E-state index contributed by atoms with van der Waals surface area (Å²) in [5.41, 5.74) is 10.4. The highest BCUT2D eigenvalue weighted by Crippen LogP contribution is 2.01. The number of nitrogens with two attached hydrogens (primary N) is 2. The van der Waals surface area contributed by atoms with Crippen LogP contribution in [-0.4, -0.2) is 71.6 Å². The zero-order valence-electron chi connectivity index (χ0n) is 11.7. The summed E-state index contributed by atoms with van der Waals surface area (Å²) in [6.45, 7) is 5.49. The van der Waals surface area contributed by atoms with E-state index < -0.39 is 12.3 Å². The van der Waals surface area contributed by atoms with Gasteiger partial charge in [0.1, 0.15) is 6.17 Å². The van der Waals surface area contributed by atoms with Gasteiger partial charge in [0.15, 0.2) is 0 Å². The van der Waals surface area contributed by atoms with Crippen LogP contribution in [0, 0.1) is 0 Å². The highest BCUT2D eigenvalue weighted by molar-refractivity contribution is 4.64. The third-order valence-corrected chi connectivity index (χ3v) is 2.35. The fourth-order valence-electron chi connectivity index (χ4n) is 1.21. The maximum absolute atomic E-state index is 13.0. The molecule has 2 unspecified atom stereocenters. The molecule has 0 saturated heterocycles. The van der Waals surface area contributed by atoms with Crippen molar-refractivity contribution in [2.24, 2.45) is 11.5 Å². The zero-order valence-corrected chi connectivity index (χ0v) is 11.7. The summed E-state index contributed by atoms with van der Waals surface area (Å²) in [7, 11) is 0. The van der Waals surface area contributed by atoms with Gasteiger partial charge in [0, 0.05) is 13.1 Å². The monoisotopic (exact) mass is 282 g/mol. The zero-order chi connectivity index (χ0) is 14.3. The van der Waals surface area contributed by atoms with Gasteiger partial charge in [-0.05, 0) is 6.92 Å². The van der Waals surface area contributed by atoms with Crippen molar-refractivity contribution in [1.82, 2.24) is 0 Å². The Morgan fingerprint density at radius 2 is 1.32 bits per heavy atom. The van der Waals surface area contributed by atoms with E-state index in [4.69, 9.17) is 30.4 Å². The van der Waals surface area contributed by atoms with Crippen molar-refractivity contribution in [3.05, 3.63) is 0 Å². The van der Waals surface area contributed by atoms with Crippen molar-refractivity contribution in [2.75, 3.05) is 59.3 Å². The molecule has 116 valence electrons. The maximum atomic E-state index is 13.0. The summed E-state index contributed by atoms with van der Waals surface area (Å²) in [5.74, 6) is 0. The minimum atomic E-state index is -1.13. The molecule has 0 spiro atoms. The topological polar surface area (TPSA) is 89.0 Å². The standard InChI is InChI=1S/C12H27FN2O4/c1-11(12(13)10-15)19-9-8-18-7-6-17-5-4-16-3-2-14/h11-12H,2-10,14-15H2,1H3. The molecule has 0 bridgehead atoms. The van der Waals surface area contributed by atoms with Crippen LogP contribution in [0.25, 0.3) is 0 Å². The number of hydrogen-bond donors (Lipinski definition) is 2. The Kier molecular flexibility index (Phi) is 13.9. The number of halogens is 1. The molecule has 0 rings (SSSR count). The van der Waals surface area contributed by atoms with Crippen LogP contribution < -0.4 is 11.5 Å². The lowest BCUT2D eigenvalue weighted by Crippen LogP contribution is -2.30. The lowest BCUT2D eigenvalue weighted by Gasteiger charge is -2.15. The van der Waals surface area contributed by atoms with Crippen molar-refractivity contribution in [3.8, 4) is 0 Å². The summed E-state index contributed by atoms with van der Waals surface area (Å²) < 4.78 is 33.9. The molecule has 0 saturated carbocycles. The first kappa shape index (κ1) is 18.7. The van der Waals surface area contributed by atoms with E-state index in [9.17, 15) is 4.39 Å². The quantitative estimate of drug-likeness (QED) is 0.425. The van der Waals surface area contributed by atoms with E-state index in [-0.39, 0.29) is 6.54 Å². The second-order valence-corrected chi connectivity index (χ2v) is 3.95. The van der Waals surface area contributed by atoms with Crippen molar-refractivity contribution >= 4 is 0 Å². The second kappa shape index (κ2) is 14.1. The third kappa shape index (κ3) is 12.5. The Bertz CT molecular complexity index is 189. The van der Waals surface area contributed by atoms with Gasteiger partial charge >= 0.3 is 0 Å². The van der Waals surface area contributed by atoms with Gasteiger partial charge in [-0.1, -0.05) is 0 Å². The van der Waals surface area contributed by atoms with Crippen molar-refractivity contribution in [2.45, 2.75) is 19.2 Å². The van der Waals surface area contributed by atoms with E-state index in [1.54, 1.807) is 6.92 Å². The molecule has 0 aliphatic carbocycles. The van der Waals surface area contributed by atoms with Crippen LogP contribution >= 0.6 is 0 Å². The van der Waals surface area contributed by atoms with Gasteiger partial charge in [0.2, 0.25) is 0 Å². The van der Waals surface area contributed by atoms with Gasteiger partial charge in [-0.25, -0.2) is 4.39 Å². The molecular formula is C12H27FN2O4. The Labute approximate surface area is 114 Å². The van der Waals surface area contributed by atoms with Crippen LogP contribution in [0.15, 0.2) is 0 Å². The van der Waals surface area contributed by atoms with Gasteiger partial charge < -0.3 is 30.4 Å². The summed E-state index contributed by atoms with van der Waals surface area (Å²) in [5, 5.41) is 0. The maximum Gasteiger partial charge on any atom is 0.138 e. The number of ether oxygens (including phenoxy) is 4. The molecule has 0 amide bonds.